The highest BCUT2D eigenvalue weighted by atomic mass is 16.4. The maximum atomic E-state index is 11.3. The molecular formula is C16H29NO3. The molecule has 4 nitrogen and oxygen atoms in total. The molecule has 0 aromatic rings. The van der Waals surface area contributed by atoms with Gasteiger partial charge in [0.2, 0.25) is 5.91 Å². The van der Waals surface area contributed by atoms with Gasteiger partial charge in [0.15, 0.2) is 0 Å². The van der Waals surface area contributed by atoms with Crippen molar-refractivity contribution in [3.05, 3.63) is 11.6 Å². The molecular weight excluding hydrogens is 254 g/mol. The summed E-state index contributed by atoms with van der Waals surface area (Å²) in [6.07, 6.45) is 10.6. The molecule has 0 atom stereocenters. The van der Waals surface area contributed by atoms with Gasteiger partial charge in [0.25, 0.3) is 0 Å². The molecule has 0 aromatic carbocycles. The molecule has 1 amide bonds. The van der Waals surface area contributed by atoms with Gasteiger partial charge >= 0.3 is 5.97 Å². The molecule has 0 aliphatic heterocycles. The van der Waals surface area contributed by atoms with E-state index in [4.69, 9.17) is 5.11 Å². The van der Waals surface area contributed by atoms with Crippen molar-refractivity contribution in [2.24, 2.45) is 0 Å². The molecule has 0 bridgehead atoms. The fraction of sp³-hybridized carbons (Fsp3) is 0.750. The topological polar surface area (TPSA) is 66.4 Å². The molecule has 0 spiro atoms. The number of hydrogen-bond donors (Lipinski definition) is 2. The van der Waals surface area contributed by atoms with E-state index in [1.807, 2.05) is 13.8 Å². The van der Waals surface area contributed by atoms with Crippen LogP contribution in [0, 0.1) is 0 Å². The lowest BCUT2D eigenvalue weighted by Gasteiger charge is -2.03. The standard InChI is InChI=1S/C16H29NO3/c1-14(2)13-15(18)17-12-10-8-6-4-3-5-7-9-11-16(19)20/h13H,3-12H2,1-2H3,(H,17,18)(H,19,20). The Balaban J connectivity index is 3.19. The summed E-state index contributed by atoms with van der Waals surface area (Å²) in [6.45, 7) is 4.58. The number of nitrogens with one attached hydrogen (secondary N) is 1. The summed E-state index contributed by atoms with van der Waals surface area (Å²) in [7, 11) is 0. The van der Waals surface area contributed by atoms with Gasteiger partial charge in [0.05, 0.1) is 0 Å². The minimum atomic E-state index is -0.694. The Bertz CT molecular complexity index is 307. The van der Waals surface area contributed by atoms with Gasteiger partial charge in [0, 0.05) is 19.0 Å². The Morgan fingerprint density at radius 3 is 1.90 bits per heavy atom. The molecule has 0 aliphatic rings. The smallest absolute Gasteiger partial charge is 0.303 e. The van der Waals surface area contributed by atoms with Gasteiger partial charge in [-0.15, -0.1) is 0 Å². The van der Waals surface area contributed by atoms with Crippen molar-refractivity contribution in [2.75, 3.05) is 6.54 Å². The van der Waals surface area contributed by atoms with Crippen LogP contribution < -0.4 is 5.32 Å². The third-order valence-electron chi connectivity index (χ3n) is 3.04. The van der Waals surface area contributed by atoms with Crippen LogP contribution in [-0.4, -0.2) is 23.5 Å². The number of carboxylic acids is 1. The van der Waals surface area contributed by atoms with Crippen LogP contribution in [0.5, 0.6) is 0 Å². The van der Waals surface area contributed by atoms with E-state index in [0.717, 1.165) is 44.2 Å². The average molecular weight is 283 g/mol. The second-order valence-corrected chi connectivity index (χ2v) is 5.48. The van der Waals surface area contributed by atoms with Gasteiger partial charge in [0.1, 0.15) is 0 Å². The molecule has 0 saturated heterocycles. The molecule has 4 heteroatoms. The van der Waals surface area contributed by atoms with Crippen LogP contribution in [0.1, 0.15) is 71.6 Å². The zero-order chi connectivity index (χ0) is 15.2. The zero-order valence-electron chi connectivity index (χ0n) is 12.9. The highest BCUT2D eigenvalue weighted by Crippen LogP contribution is 2.09. The second-order valence-electron chi connectivity index (χ2n) is 5.48. The largest absolute Gasteiger partial charge is 0.481 e. The van der Waals surface area contributed by atoms with Crippen molar-refractivity contribution in [1.82, 2.24) is 5.32 Å². The molecule has 20 heavy (non-hydrogen) atoms. The first-order valence-corrected chi connectivity index (χ1v) is 7.67. The van der Waals surface area contributed by atoms with Crippen LogP contribution in [0.15, 0.2) is 11.6 Å². The van der Waals surface area contributed by atoms with E-state index in [1.165, 1.54) is 19.3 Å². The zero-order valence-corrected chi connectivity index (χ0v) is 12.9. The minimum Gasteiger partial charge on any atom is -0.481 e. The van der Waals surface area contributed by atoms with Crippen LogP contribution in [-0.2, 0) is 9.59 Å². The number of carboxylic acid groups (broad SMARTS) is 1. The minimum absolute atomic E-state index is 0.00318. The lowest BCUT2D eigenvalue weighted by molar-refractivity contribution is -0.137. The third kappa shape index (κ3) is 14.7. The molecule has 116 valence electrons. The molecule has 0 aromatic heterocycles. The number of rotatable bonds is 12. The number of carbonyl (C=O) groups is 2. The quantitative estimate of drug-likeness (QED) is 0.424. The molecule has 0 rings (SSSR count). The summed E-state index contributed by atoms with van der Waals surface area (Å²) >= 11 is 0. The van der Waals surface area contributed by atoms with Crippen molar-refractivity contribution in [3.8, 4) is 0 Å². The lowest BCUT2D eigenvalue weighted by atomic mass is 10.1. The van der Waals surface area contributed by atoms with E-state index in [0.29, 0.717) is 6.42 Å². The van der Waals surface area contributed by atoms with Crippen molar-refractivity contribution in [1.29, 1.82) is 0 Å². The van der Waals surface area contributed by atoms with Gasteiger partial charge in [-0.3, -0.25) is 9.59 Å². The van der Waals surface area contributed by atoms with Crippen molar-refractivity contribution < 1.29 is 14.7 Å². The Morgan fingerprint density at radius 1 is 0.900 bits per heavy atom. The normalized spacial score (nSPS) is 10.1. The van der Waals surface area contributed by atoms with Crippen LogP contribution in [0.2, 0.25) is 0 Å². The third-order valence-corrected chi connectivity index (χ3v) is 3.04. The molecule has 0 heterocycles. The van der Waals surface area contributed by atoms with Gasteiger partial charge in [-0.05, 0) is 26.7 Å². The van der Waals surface area contributed by atoms with Crippen LogP contribution >= 0.6 is 0 Å². The van der Waals surface area contributed by atoms with Gasteiger partial charge in [-0.25, -0.2) is 0 Å². The summed E-state index contributed by atoms with van der Waals surface area (Å²) in [5, 5.41) is 11.4. The Kier molecular flexibility index (Phi) is 11.9. The number of aliphatic carboxylic acids is 1. The van der Waals surface area contributed by atoms with Gasteiger partial charge in [-0.1, -0.05) is 44.1 Å². The summed E-state index contributed by atoms with van der Waals surface area (Å²) in [5.41, 5.74) is 1.02. The number of allylic oxidation sites excluding steroid dienone is 1. The van der Waals surface area contributed by atoms with Crippen LogP contribution in [0.25, 0.3) is 0 Å². The maximum absolute atomic E-state index is 11.3. The number of unbranched alkanes of at least 4 members (excludes halogenated alkanes) is 7. The Morgan fingerprint density at radius 2 is 1.40 bits per heavy atom. The van der Waals surface area contributed by atoms with E-state index in [1.54, 1.807) is 6.08 Å². The summed E-state index contributed by atoms with van der Waals surface area (Å²) < 4.78 is 0. The van der Waals surface area contributed by atoms with Crippen molar-refractivity contribution in [3.63, 3.8) is 0 Å². The van der Waals surface area contributed by atoms with Gasteiger partial charge in [-0.2, -0.15) is 0 Å². The van der Waals surface area contributed by atoms with E-state index in [9.17, 15) is 9.59 Å². The molecule has 0 aliphatic carbocycles. The van der Waals surface area contributed by atoms with Crippen molar-refractivity contribution in [2.45, 2.75) is 71.6 Å². The predicted octanol–water partition coefficient (Wildman–Crippen LogP) is 3.66. The number of hydrogen-bond acceptors (Lipinski definition) is 2. The van der Waals surface area contributed by atoms with E-state index < -0.39 is 5.97 Å². The van der Waals surface area contributed by atoms with E-state index in [-0.39, 0.29) is 5.91 Å². The lowest BCUT2D eigenvalue weighted by Crippen LogP contribution is -2.22. The van der Waals surface area contributed by atoms with Crippen molar-refractivity contribution >= 4 is 11.9 Å². The van der Waals surface area contributed by atoms with Crippen LogP contribution in [0.3, 0.4) is 0 Å². The summed E-state index contributed by atoms with van der Waals surface area (Å²) in [6, 6.07) is 0. The SMILES string of the molecule is CC(C)=CC(=O)NCCCCCCCCCCC(=O)O. The maximum Gasteiger partial charge on any atom is 0.303 e. The first-order valence-electron chi connectivity index (χ1n) is 7.67. The summed E-state index contributed by atoms with van der Waals surface area (Å²) in [5.74, 6) is -0.691. The molecule has 0 unspecified atom stereocenters. The van der Waals surface area contributed by atoms with E-state index >= 15 is 0 Å². The molecule has 2 N–H and O–H groups in total. The Labute approximate surface area is 122 Å². The van der Waals surface area contributed by atoms with Gasteiger partial charge < -0.3 is 10.4 Å². The monoisotopic (exact) mass is 283 g/mol. The fourth-order valence-electron chi connectivity index (χ4n) is 1.99. The molecule has 0 radical (unpaired) electrons. The average Bonchev–Trinajstić information content (AvgIpc) is 2.34. The van der Waals surface area contributed by atoms with Crippen LogP contribution in [0.4, 0.5) is 0 Å². The highest BCUT2D eigenvalue weighted by molar-refractivity contribution is 5.87. The first-order chi connectivity index (χ1) is 9.52. The number of amides is 1. The first kappa shape index (κ1) is 18.7. The Hall–Kier alpha value is -1.32. The predicted molar refractivity (Wildman–Crippen MR) is 81.6 cm³/mol. The second kappa shape index (κ2) is 12.7. The molecule has 0 saturated carbocycles. The van der Waals surface area contributed by atoms with E-state index in [2.05, 4.69) is 5.32 Å². The fourth-order valence-corrected chi connectivity index (χ4v) is 1.99. The number of carbonyl (C=O) groups excluding carboxylic acids is 1. The summed E-state index contributed by atoms with van der Waals surface area (Å²) in [4.78, 5) is 21.6. The molecule has 0 fully saturated rings. The highest BCUT2D eigenvalue weighted by Gasteiger charge is 1.97.